The third-order valence-corrected chi connectivity index (χ3v) is 6.33. The van der Waals surface area contributed by atoms with Crippen LogP contribution in [0.4, 0.5) is 0 Å². The molecule has 0 aromatic carbocycles. The molecule has 0 aliphatic carbocycles. The fourth-order valence-corrected chi connectivity index (χ4v) is 5.33. The largest absolute Gasteiger partial charge is 0.383 e. The summed E-state index contributed by atoms with van der Waals surface area (Å²) in [5.74, 6) is 0.317. The summed E-state index contributed by atoms with van der Waals surface area (Å²) in [6.07, 6.45) is 5.13. The minimum Gasteiger partial charge on any atom is -0.383 e. The summed E-state index contributed by atoms with van der Waals surface area (Å²) in [7, 11) is 1.72. The summed E-state index contributed by atoms with van der Waals surface area (Å²) in [5.41, 5.74) is 1.43. The molecule has 1 amide bonds. The average molecular weight is 337 g/mol. The Morgan fingerprint density at radius 3 is 3.00 bits per heavy atom. The number of hydrogen-bond donors (Lipinski definition) is 0. The first kappa shape index (κ1) is 16.9. The molecule has 0 saturated carbocycles. The van der Waals surface area contributed by atoms with Crippen LogP contribution in [-0.4, -0.2) is 54.1 Å². The highest BCUT2D eigenvalue weighted by Gasteiger charge is 2.52. The zero-order valence-electron chi connectivity index (χ0n) is 14.3. The van der Waals surface area contributed by atoms with Crippen LogP contribution in [0.2, 0.25) is 0 Å². The molecule has 2 fully saturated rings. The highest BCUT2D eigenvalue weighted by molar-refractivity contribution is 7.07. The summed E-state index contributed by atoms with van der Waals surface area (Å²) in [5, 5.41) is 4.40. The van der Waals surface area contributed by atoms with Gasteiger partial charge in [-0.3, -0.25) is 9.69 Å². The van der Waals surface area contributed by atoms with E-state index in [0.29, 0.717) is 25.0 Å². The van der Waals surface area contributed by atoms with Crippen LogP contribution in [0.3, 0.4) is 0 Å². The molecule has 2 saturated heterocycles. The van der Waals surface area contributed by atoms with Crippen LogP contribution in [-0.2, 0) is 16.1 Å². The first-order chi connectivity index (χ1) is 11.2. The zero-order chi connectivity index (χ0) is 16.3. The Labute approximate surface area is 143 Å². The van der Waals surface area contributed by atoms with Crippen molar-refractivity contribution in [3.8, 4) is 0 Å². The molecule has 3 heterocycles. The predicted molar refractivity (Wildman–Crippen MR) is 93.6 cm³/mol. The highest BCUT2D eigenvalue weighted by Crippen LogP contribution is 2.43. The van der Waals surface area contributed by atoms with Crippen LogP contribution in [0, 0.1) is 0 Å². The van der Waals surface area contributed by atoms with Gasteiger partial charge in [0.15, 0.2) is 0 Å². The fraction of sp³-hybridized carbons (Fsp3) is 0.722. The summed E-state index contributed by atoms with van der Waals surface area (Å²) in [4.78, 5) is 17.3. The third kappa shape index (κ3) is 3.19. The lowest BCUT2D eigenvalue weighted by Crippen LogP contribution is -2.63. The summed E-state index contributed by atoms with van der Waals surface area (Å²) < 4.78 is 5.26. The van der Waals surface area contributed by atoms with Gasteiger partial charge in [0, 0.05) is 32.7 Å². The van der Waals surface area contributed by atoms with E-state index in [1.807, 2.05) is 0 Å². The fourth-order valence-electron chi connectivity index (χ4n) is 4.67. The van der Waals surface area contributed by atoms with Crippen molar-refractivity contribution >= 4 is 17.2 Å². The zero-order valence-corrected chi connectivity index (χ0v) is 15.1. The lowest BCUT2D eigenvalue weighted by molar-refractivity contribution is -0.136. The van der Waals surface area contributed by atoms with Crippen molar-refractivity contribution in [2.24, 2.45) is 0 Å². The SMILES string of the molecule is CC[C@@H]1N(Cc2ccsc2)CCC[C@@]12CCC(=O)N2CCOC. The van der Waals surface area contributed by atoms with Crippen molar-refractivity contribution in [1.82, 2.24) is 9.80 Å². The van der Waals surface area contributed by atoms with Crippen LogP contribution in [0.15, 0.2) is 16.8 Å². The number of ether oxygens (including phenoxy) is 1. The monoisotopic (exact) mass is 336 g/mol. The molecule has 128 valence electrons. The number of nitrogens with zero attached hydrogens (tertiary/aromatic N) is 2. The molecule has 23 heavy (non-hydrogen) atoms. The first-order valence-corrected chi connectivity index (χ1v) is 9.70. The van der Waals surface area contributed by atoms with Crippen molar-refractivity contribution in [2.75, 3.05) is 26.8 Å². The molecule has 0 N–H and O–H groups in total. The van der Waals surface area contributed by atoms with Gasteiger partial charge < -0.3 is 9.64 Å². The van der Waals surface area contributed by atoms with Crippen LogP contribution in [0.25, 0.3) is 0 Å². The number of methoxy groups -OCH3 is 1. The molecule has 0 bridgehead atoms. The minimum absolute atomic E-state index is 0.0264. The van der Waals surface area contributed by atoms with E-state index in [9.17, 15) is 4.79 Å². The molecule has 2 aliphatic rings. The molecule has 1 aromatic rings. The number of likely N-dealkylation sites (tertiary alicyclic amines) is 2. The maximum absolute atomic E-state index is 12.5. The smallest absolute Gasteiger partial charge is 0.223 e. The van der Waals surface area contributed by atoms with Gasteiger partial charge in [-0.15, -0.1) is 0 Å². The van der Waals surface area contributed by atoms with Gasteiger partial charge in [0.1, 0.15) is 0 Å². The quantitative estimate of drug-likeness (QED) is 0.800. The van der Waals surface area contributed by atoms with Gasteiger partial charge >= 0.3 is 0 Å². The van der Waals surface area contributed by atoms with Gasteiger partial charge in [-0.05, 0) is 54.6 Å². The van der Waals surface area contributed by atoms with Crippen LogP contribution < -0.4 is 0 Å². The van der Waals surface area contributed by atoms with Crippen molar-refractivity contribution in [3.63, 3.8) is 0 Å². The molecule has 1 spiro atoms. The van der Waals surface area contributed by atoms with Gasteiger partial charge in [-0.2, -0.15) is 11.3 Å². The van der Waals surface area contributed by atoms with E-state index in [0.717, 1.165) is 38.9 Å². The van der Waals surface area contributed by atoms with Crippen molar-refractivity contribution in [1.29, 1.82) is 0 Å². The van der Waals surface area contributed by atoms with Crippen molar-refractivity contribution in [3.05, 3.63) is 22.4 Å². The van der Waals surface area contributed by atoms with Gasteiger partial charge in [0.2, 0.25) is 5.91 Å². The van der Waals surface area contributed by atoms with Crippen LogP contribution >= 0.6 is 11.3 Å². The second-order valence-corrected chi connectivity index (χ2v) is 7.55. The average Bonchev–Trinajstić information content (AvgIpc) is 3.16. The minimum atomic E-state index is 0.0264. The van der Waals surface area contributed by atoms with Crippen molar-refractivity contribution < 1.29 is 9.53 Å². The standard InChI is InChI=1S/C18H28N2O2S/c1-3-16-18(8-5-17(21)20(18)10-11-22-2)7-4-9-19(16)13-15-6-12-23-14-15/h6,12,14,16H,3-5,7-11,13H2,1-2H3/t16-,18+/m0/s1. The Morgan fingerprint density at radius 1 is 1.43 bits per heavy atom. The van der Waals surface area contributed by atoms with Crippen LogP contribution in [0.1, 0.15) is 44.6 Å². The molecule has 5 heteroatoms. The Bertz CT molecular complexity index is 519. The van der Waals surface area contributed by atoms with E-state index in [-0.39, 0.29) is 5.54 Å². The van der Waals surface area contributed by atoms with Crippen molar-refractivity contribution in [2.45, 2.75) is 57.2 Å². The first-order valence-electron chi connectivity index (χ1n) is 8.76. The number of hydrogen-bond acceptors (Lipinski definition) is 4. The molecule has 0 radical (unpaired) electrons. The maximum atomic E-state index is 12.5. The summed E-state index contributed by atoms with van der Waals surface area (Å²) >= 11 is 1.77. The number of carbonyl (C=O) groups excluding carboxylic acids is 1. The van der Waals surface area contributed by atoms with E-state index in [4.69, 9.17) is 4.74 Å². The molecule has 2 aliphatic heterocycles. The second kappa shape index (κ2) is 7.32. The number of amides is 1. The molecular formula is C18H28N2O2S. The maximum Gasteiger partial charge on any atom is 0.223 e. The van der Waals surface area contributed by atoms with E-state index in [1.54, 1.807) is 18.4 Å². The van der Waals surface area contributed by atoms with Gasteiger partial charge in [0.25, 0.3) is 0 Å². The number of thiophene rings is 1. The molecular weight excluding hydrogens is 308 g/mol. The second-order valence-electron chi connectivity index (χ2n) is 6.77. The number of piperidine rings is 1. The number of carbonyl (C=O) groups is 1. The van der Waals surface area contributed by atoms with E-state index in [2.05, 4.69) is 33.6 Å². The summed E-state index contributed by atoms with van der Waals surface area (Å²) in [6, 6.07) is 2.68. The predicted octanol–water partition coefficient (Wildman–Crippen LogP) is 3.13. The normalized spacial score (nSPS) is 28.9. The molecule has 1 aromatic heterocycles. The lowest BCUT2D eigenvalue weighted by atomic mass is 9.77. The molecule has 4 nitrogen and oxygen atoms in total. The Hall–Kier alpha value is -0.910. The highest BCUT2D eigenvalue weighted by atomic mass is 32.1. The van der Waals surface area contributed by atoms with Gasteiger partial charge in [-0.25, -0.2) is 0 Å². The van der Waals surface area contributed by atoms with E-state index < -0.39 is 0 Å². The van der Waals surface area contributed by atoms with Crippen LogP contribution in [0.5, 0.6) is 0 Å². The molecule has 2 atom stereocenters. The van der Waals surface area contributed by atoms with Gasteiger partial charge in [0.05, 0.1) is 12.1 Å². The summed E-state index contributed by atoms with van der Waals surface area (Å²) in [6.45, 7) is 5.79. The van der Waals surface area contributed by atoms with Gasteiger partial charge in [-0.1, -0.05) is 6.92 Å². The Morgan fingerprint density at radius 2 is 2.30 bits per heavy atom. The Kier molecular flexibility index (Phi) is 5.39. The third-order valence-electron chi connectivity index (χ3n) is 5.60. The van der Waals surface area contributed by atoms with E-state index in [1.165, 1.54) is 12.0 Å². The van der Waals surface area contributed by atoms with E-state index >= 15 is 0 Å². The molecule has 3 rings (SSSR count). The lowest BCUT2D eigenvalue weighted by Gasteiger charge is -2.52. The topological polar surface area (TPSA) is 32.8 Å². The Balaban J connectivity index is 1.82. The molecule has 0 unspecified atom stereocenters. The number of rotatable bonds is 6.